The number of hydrogen-bond donors (Lipinski definition) is 2. The molecular formula is C30H33N7O6. The van der Waals surface area contributed by atoms with E-state index in [2.05, 4.69) is 30.6 Å². The van der Waals surface area contributed by atoms with Gasteiger partial charge in [-0.15, -0.1) is 0 Å². The number of amides is 2. The number of hydrogen-bond acceptors (Lipinski definition) is 10. The van der Waals surface area contributed by atoms with Gasteiger partial charge in [0.15, 0.2) is 17.0 Å². The summed E-state index contributed by atoms with van der Waals surface area (Å²) in [6.45, 7) is 4.25. The van der Waals surface area contributed by atoms with E-state index in [-0.39, 0.29) is 43.6 Å². The second kappa shape index (κ2) is 15.6. The molecule has 0 saturated carbocycles. The molecule has 43 heavy (non-hydrogen) atoms. The number of carbonyl (C=O) groups is 3. The molecule has 2 amide bonds. The number of aromatic nitrogens is 4. The van der Waals surface area contributed by atoms with Gasteiger partial charge < -0.3 is 24.1 Å². The number of rotatable bonds is 13. The topological polar surface area (TPSA) is 159 Å². The molecule has 13 heteroatoms. The number of nitrogens with zero attached hydrogens (tertiary/aromatic N) is 5. The lowest BCUT2D eigenvalue weighted by atomic mass is 10.2. The molecule has 0 atom stereocenters. The summed E-state index contributed by atoms with van der Waals surface area (Å²) in [6.07, 6.45) is 1.19. The molecule has 0 bridgehead atoms. The quantitative estimate of drug-likeness (QED) is 0.0929. The van der Waals surface area contributed by atoms with Crippen molar-refractivity contribution in [2.24, 2.45) is 4.99 Å². The van der Waals surface area contributed by atoms with Gasteiger partial charge in [0.05, 0.1) is 12.9 Å². The molecule has 0 spiro atoms. The third kappa shape index (κ3) is 9.63. The normalized spacial score (nSPS) is 11.2. The zero-order valence-electron chi connectivity index (χ0n) is 24.0. The maximum absolute atomic E-state index is 12.6. The predicted molar refractivity (Wildman–Crippen MR) is 160 cm³/mol. The fourth-order valence-corrected chi connectivity index (χ4v) is 3.94. The number of benzene rings is 2. The van der Waals surface area contributed by atoms with Crippen LogP contribution in [0, 0.1) is 0 Å². The van der Waals surface area contributed by atoms with Crippen LogP contribution in [0.2, 0.25) is 0 Å². The molecule has 2 heterocycles. The number of fused-ring (bicyclic) bond motifs is 1. The van der Waals surface area contributed by atoms with Crippen LogP contribution in [0.4, 0.5) is 21.4 Å². The maximum atomic E-state index is 12.6. The van der Waals surface area contributed by atoms with E-state index in [1.165, 1.54) is 10.9 Å². The van der Waals surface area contributed by atoms with Crippen molar-refractivity contribution in [3.63, 3.8) is 0 Å². The van der Waals surface area contributed by atoms with Gasteiger partial charge in [0.2, 0.25) is 5.95 Å². The van der Waals surface area contributed by atoms with Crippen molar-refractivity contribution in [3.8, 4) is 0 Å². The van der Waals surface area contributed by atoms with Gasteiger partial charge in [-0.05, 0) is 37.8 Å². The van der Waals surface area contributed by atoms with E-state index < -0.39 is 18.2 Å². The van der Waals surface area contributed by atoms with Crippen molar-refractivity contribution in [2.45, 2.75) is 46.4 Å². The number of ether oxygens (including phenoxy) is 3. The molecule has 13 nitrogen and oxygen atoms in total. The lowest BCUT2D eigenvalue weighted by Crippen LogP contribution is -2.17. The first-order valence-corrected chi connectivity index (χ1v) is 13.8. The van der Waals surface area contributed by atoms with E-state index in [0.29, 0.717) is 30.7 Å². The number of anilines is 2. The van der Waals surface area contributed by atoms with Crippen LogP contribution in [-0.4, -0.2) is 56.5 Å². The standard InChI is InChI=1S/C30H33N7O6/c1-3-41-24(38)17-37-20-32-25-26(35-30(40)43-19-23-14-8-5-9-15-23)34-28(36-27(25)37)31-16-10-11-21(2)33-29(39)42-18-22-12-6-4-7-13-22/h4-9,12-15,20H,3,10-11,16-19H2,1-2H3,(H2,31,34,35,36,40). The Hall–Kier alpha value is -5.33. The SMILES string of the molecule is CCOC(=O)Cn1cnc2c(NC(=O)OCc3ccccc3)nc(NCCCC(C)=NC(=O)OCc3ccccc3)nc21. The van der Waals surface area contributed by atoms with Crippen molar-refractivity contribution in [3.05, 3.63) is 78.1 Å². The average molecular weight is 588 g/mol. The van der Waals surface area contributed by atoms with Crippen LogP contribution in [0.5, 0.6) is 0 Å². The largest absolute Gasteiger partial charge is 0.465 e. The van der Waals surface area contributed by atoms with Gasteiger partial charge in [-0.25, -0.2) is 14.6 Å². The van der Waals surface area contributed by atoms with Crippen LogP contribution in [0.25, 0.3) is 11.2 Å². The van der Waals surface area contributed by atoms with Crippen LogP contribution < -0.4 is 10.6 Å². The summed E-state index contributed by atoms with van der Waals surface area (Å²) in [6, 6.07) is 18.6. The first-order valence-electron chi connectivity index (χ1n) is 13.8. The van der Waals surface area contributed by atoms with Gasteiger partial charge in [0.25, 0.3) is 0 Å². The van der Waals surface area contributed by atoms with E-state index in [1.54, 1.807) is 13.8 Å². The Kier molecular flexibility index (Phi) is 11.1. The first-order chi connectivity index (χ1) is 20.9. The Bertz CT molecular complexity index is 1560. The first kappa shape index (κ1) is 30.6. The molecule has 4 rings (SSSR count). The molecule has 0 fully saturated rings. The van der Waals surface area contributed by atoms with Crippen LogP contribution in [0.3, 0.4) is 0 Å². The van der Waals surface area contributed by atoms with Crippen LogP contribution >= 0.6 is 0 Å². The van der Waals surface area contributed by atoms with Crippen molar-refractivity contribution in [1.29, 1.82) is 0 Å². The Labute approximate surface area is 248 Å². The van der Waals surface area contributed by atoms with Gasteiger partial charge in [-0.2, -0.15) is 15.0 Å². The molecule has 2 aromatic heterocycles. The fraction of sp³-hybridized carbons (Fsp3) is 0.300. The van der Waals surface area contributed by atoms with Gasteiger partial charge in [0, 0.05) is 12.3 Å². The molecule has 0 unspecified atom stereocenters. The summed E-state index contributed by atoms with van der Waals surface area (Å²) in [7, 11) is 0. The monoisotopic (exact) mass is 587 g/mol. The molecule has 2 aromatic carbocycles. The van der Waals surface area contributed by atoms with Gasteiger partial charge >= 0.3 is 18.2 Å². The minimum atomic E-state index is -0.722. The van der Waals surface area contributed by atoms with Crippen LogP contribution in [-0.2, 0) is 38.8 Å². The number of carbonyl (C=O) groups excluding carboxylic acids is 3. The van der Waals surface area contributed by atoms with Gasteiger partial charge in [-0.3, -0.25) is 10.1 Å². The summed E-state index contributed by atoms with van der Waals surface area (Å²) >= 11 is 0. The number of esters is 1. The molecule has 0 radical (unpaired) electrons. The smallest absolute Gasteiger partial charge is 0.433 e. The van der Waals surface area contributed by atoms with E-state index >= 15 is 0 Å². The minimum Gasteiger partial charge on any atom is -0.465 e. The second-order valence-corrected chi connectivity index (χ2v) is 9.35. The van der Waals surface area contributed by atoms with Crippen molar-refractivity contribution >= 4 is 46.8 Å². The zero-order valence-corrected chi connectivity index (χ0v) is 24.0. The lowest BCUT2D eigenvalue weighted by Gasteiger charge is -2.11. The summed E-state index contributed by atoms with van der Waals surface area (Å²) in [4.78, 5) is 54.0. The lowest BCUT2D eigenvalue weighted by molar-refractivity contribution is -0.143. The average Bonchev–Trinajstić information content (AvgIpc) is 3.41. The number of nitrogens with one attached hydrogen (secondary N) is 2. The molecule has 224 valence electrons. The second-order valence-electron chi connectivity index (χ2n) is 9.35. The van der Waals surface area contributed by atoms with E-state index in [4.69, 9.17) is 14.2 Å². The predicted octanol–water partition coefficient (Wildman–Crippen LogP) is 5.13. The third-order valence-corrected chi connectivity index (χ3v) is 5.99. The Morgan fingerprint density at radius 2 is 1.58 bits per heavy atom. The van der Waals surface area contributed by atoms with E-state index in [1.807, 2.05) is 60.7 Å². The molecule has 0 aliphatic carbocycles. The highest BCUT2D eigenvalue weighted by Crippen LogP contribution is 2.21. The summed E-state index contributed by atoms with van der Waals surface area (Å²) in [5.74, 6) is -0.135. The highest BCUT2D eigenvalue weighted by atomic mass is 16.6. The molecule has 4 aromatic rings. The van der Waals surface area contributed by atoms with E-state index in [9.17, 15) is 14.4 Å². The summed E-state index contributed by atoms with van der Waals surface area (Å²) < 4.78 is 17.1. The number of aliphatic imine (C=N–C) groups is 1. The zero-order chi connectivity index (χ0) is 30.4. The van der Waals surface area contributed by atoms with E-state index in [0.717, 1.165) is 11.1 Å². The molecule has 0 aliphatic heterocycles. The van der Waals surface area contributed by atoms with Crippen LogP contribution in [0.1, 0.15) is 37.8 Å². The maximum Gasteiger partial charge on any atom is 0.433 e. The van der Waals surface area contributed by atoms with Gasteiger partial charge in [0.1, 0.15) is 19.8 Å². The summed E-state index contributed by atoms with van der Waals surface area (Å²) in [5.41, 5.74) is 2.93. The Morgan fingerprint density at radius 1 is 0.907 bits per heavy atom. The Morgan fingerprint density at radius 3 is 2.26 bits per heavy atom. The van der Waals surface area contributed by atoms with Crippen molar-refractivity contribution < 1.29 is 28.6 Å². The van der Waals surface area contributed by atoms with Crippen LogP contribution in [0.15, 0.2) is 72.0 Å². The highest BCUT2D eigenvalue weighted by Gasteiger charge is 2.18. The minimum absolute atomic E-state index is 0.0734. The Balaban J connectivity index is 1.38. The van der Waals surface area contributed by atoms with Crippen molar-refractivity contribution in [1.82, 2.24) is 19.5 Å². The molecule has 2 N–H and O–H groups in total. The number of imidazole rings is 1. The van der Waals surface area contributed by atoms with Crippen molar-refractivity contribution in [2.75, 3.05) is 23.8 Å². The summed E-state index contributed by atoms with van der Waals surface area (Å²) in [5, 5.41) is 5.74. The molecular weight excluding hydrogens is 554 g/mol. The fourth-order valence-electron chi connectivity index (χ4n) is 3.94. The molecule has 0 saturated heterocycles. The van der Waals surface area contributed by atoms with Gasteiger partial charge in [-0.1, -0.05) is 60.7 Å². The third-order valence-electron chi connectivity index (χ3n) is 5.99. The molecule has 0 aliphatic rings. The highest BCUT2D eigenvalue weighted by molar-refractivity contribution is 5.94.